The predicted octanol–water partition coefficient (Wildman–Crippen LogP) is 0.186. The second-order valence-corrected chi connectivity index (χ2v) is 5.31. The van der Waals surface area contributed by atoms with Crippen molar-refractivity contribution in [1.29, 1.82) is 0 Å². The van der Waals surface area contributed by atoms with E-state index in [9.17, 15) is 9.59 Å². The van der Waals surface area contributed by atoms with Crippen LogP contribution in [-0.2, 0) is 20.9 Å². The summed E-state index contributed by atoms with van der Waals surface area (Å²) in [4.78, 5) is 23.7. The van der Waals surface area contributed by atoms with E-state index in [1.807, 2.05) is 37.3 Å². The minimum atomic E-state index is -0.346. The number of ether oxygens (including phenoxy) is 1. The van der Waals surface area contributed by atoms with Crippen LogP contribution >= 0.6 is 0 Å². The average molecular weight is 305 g/mol. The number of amides is 2. The molecule has 1 aromatic carbocycles. The normalized spacial score (nSPS) is 21.1. The summed E-state index contributed by atoms with van der Waals surface area (Å²) in [6, 6.07) is 9.37. The van der Waals surface area contributed by atoms with Crippen LogP contribution in [0.15, 0.2) is 30.3 Å². The Bertz CT molecular complexity index is 493. The van der Waals surface area contributed by atoms with Crippen molar-refractivity contribution in [3.8, 4) is 0 Å². The Morgan fingerprint density at radius 1 is 1.27 bits per heavy atom. The van der Waals surface area contributed by atoms with Crippen LogP contribution in [0.4, 0.5) is 0 Å². The molecule has 120 valence electrons. The van der Waals surface area contributed by atoms with Crippen molar-refractivity contribution in [2.45, 2.75) is 32.0 Å². The molecule has 0 aliphatic carbocycles. The van der Waals surface area contributed by atoms with E-state index in [0.29, 0.717) is 26.2 Å². The van der Waals surface area contributed by atoms with E-state index >= 15 is 0 Å². The lowest BCUT2D eigenvalue weighted by Crippen LogP contribution is -2.55. The highest BCUT2D eigenvalue weighted by Gasteiger charge is 2.27. The van der Waals surface area contributed by atoms with E-state index in [2.05, 4.69) is 16.0 Å². The van der Waals surface area contributed by atoms with E-state index in [0.717, 1.165) is 5.56 Å². The highest BCUT2D eigenvalue weighted by molar-refractivity contribution is 5.83. The quantitative estimate of drug-likeness (QED) is 0.701. The zero-order valence-corrected chi connectivity index (χ0v) is 12.8. The van der Waals surface area contributed by atoms with Crippen LogP contribution in [0.2, 0.25) is 0 Å². The summed E-state index contributed by atoms with van der Waals surface area (Å²) in [6.07, 6.45) is 0.112. The molecule has 0 bridgehead atoms. The van der Waals surface area contributed by atoms with E-state index in [1.165, 1.54) is 0 Å². The molecule has 22 heavy (non-hydrogen) atoms. The van der Waals surface area contributed by atoms with Gasteiger partial charge < -0.3 is 20.7 Å². The largest absolute Gasteiger partial charge is 0.375 e. The summed E-state index contributed by atoms with van der Waals surface area (Å²) in [6.45, 7) is 3.98. The molecule has 1 saturated heterocycles. The maximum atomic E-state index is 12.0. The zero-order chi connectivity index (χ0) is 15.8. The number of nitrogens with one attached hydrogen (secondary N) is 3. The number of morpholine rings is 1. The predicted molar refractivity (Wildman–Crippen MR) is 83.1 cm³/mol. The number of benzene rings is 1. The Balaban J connectivity index is 1.63. The molecular weight excluding hydrogens is 282 g/mol. The second kappa shape index (κ2) is 8.51. The number of carbonyl (C=O) groups is 2. The van der Waals surface area contributed by atoms with Gasteiger partial charge in [-0.25, -0.2) is 0 Å². The van der Waals surface area contributed by atoms with Gasteiger partial charge >= 0.3 is 0 Å². The Morgan fingerprint density at radius 2 is 2.05 bits per heavy atom. The van der Waals surface area contributed by atoms with Gasteiger partial charge in [-0.1, -0.05) is 30.3 Å². The Kier molecular flexibility index (Phi) is 6.36. The average Bonchev–Trinajstić information content (AvgIpc) is 2.54. The van der Waals surface area contributed by atoms with Crippen molar-refractivity contribution in [2.24, 2.45) is 0 Å². The lowest BCUT2D eigenvalue weighted by Gasteiger charge is -2.29. The van der Waals surface area contributed by atoms with E-state index in [-0.39, 0.29) is 30.4 Å². The third-order valence-corrected chi connectivity index (χ3v) is 3.58. The molecule has 6 heteroatoms. The molecule has 1 aliphatic heterocycles. The molecule has 3 N–H and O–H groups in total. The van der Waals surface area contributed by atoms with E-state index in [1.54, 1.807) is 0 Å². The topological polar surface area (TPSA) is 79.5 Å². The molecule has 0 saturated carbocycles. The molecular formula is C16H23N3O3. The maximum Gasteiger partial charge on any atom is 0.239 e. The molecule has 1 fully saturated rings. The van der Waals surface area contributed by atoms with Crippen LogP contribution < -0.4 is 16.0 Å². The molecule has 0 spiro atoms. The smallest absolute Gasteiger partial charge is 0.239 e. The first-order valence-electron chi connectivity index (χ1n) is 7.60. The number of hydrogen-bond donors (Lipinski definition) is 3. The van der Waals surface area contributed by atoms with Crippen LogP contribution in [0.3, 0.4) is 0 Å². The first-order chi connectivity index (χ1) is 10.7. The van der Waals surface area contributed by atoms with Crippen molar-refractivity contribution in [3.05, 3.63) is 35.9 Å². The monoisotopic (exact) mass is 305 g/mol. The van der Waals surface area contributed by atoms with Crippen LogP contribution in [0, 0.1) is 0 Å². The molecule has 1 aliphatic rings. The molecule has 6 nitrogen and oxygen atoms in total. The summed E-state index contributed by atoms with van der Waals surface area (Å²) in [5.74, 6) is -0.201. The van der Waals surface area contributed by atoms with Crippen molar-refractivity contribution >= 4 is 11.8 Å². The molecule has 1 heterocycles. The molecule has 2 atom stereocenters. The summed E-state index contributed by atoms with van der Waals surface area (Å²) in [5, 5.41) is 8.72. The third-order valence-electron chi connectivity index (χ3n) is 3.58. The van der Waals surface area contributed by atoms with Crippen LogP contribution in [-0.4, -0.2) is 43.7 Å². The van der Waals surface area contributed by atoms with Crippen molar-refractivity contribution in [3.63, 3.8) is 0 Å². The molecule has 2 amide bonds. The summed E-state index contributed by atoms with van der Waals surface area (Å²) >= 11 is 0. The fourth-order valence-corrected chi connectivity index (χ4v) is 2.32. The second-order valence-electron chi connectivity index (χ2n) is 5.31. The van der Waals surface area contributed by atoms with Crippen LogP contribution in [0.5, 0.6) is 0 Å². The van der Waals surface area contributed by atoms with Gasteiger partial charge in [0.25, 0.3) is 0 Å². The van der Waals surface area contributed by atoms with Gasteiger partial charge in [0.05, 0.1) is 12.7 Å². The molecule has 1 aromatic rings. The lowest BCUT2D eigenvalue weighted by molar-refractivity contribution is -0.129. The van der Waals surface area contributed by atoms with Crippen molar-refractivity contribution in [2.75, 3.05) is 19.7 Å². The first kappa shape index (κ1) is 16.5. The molecule has 0 radical (unpaired) electrons. The van der Waals surface area contributed by atoms with Crippen LogP contribution in [0.25, 0.3) is 0 Å². The highest BCUT2D eigenvalue weighted by Crippen LogP contribution is 2.03. The van der Waals surface area contributed by atoms with Gasteiger partial charge in [-0.05, 0) is 12.5 Å². The van der Waals surface area contributed by atoms with Gasteiger partial charge in [-0.2, -0.15) is 0 Å². The van der Waals surface area contributed by atoms with E-state index in [4.69, 9.17) is 4.74 Å². The Hall–Kier alpha value is -1.92. The fourth-order valence-electron chi connectivity index (χ4n) is 2.32. The van der Waals surface area contributed by atoms with E-state index < -0.39 is 0 Å². The number of rotatable bonds is 6. The standard InChI is InChI=1S/C16H23N3O3/c1-12-15(17-9-10-22-12)16(21)18-8-7-14(20)19-11-13-5-3-2-4-6-13/h2-6,12,15,17H,7-11H2,1H3,(H,18,21)(H,19,20)/t12-,15+/m1/s1. The Labute approximate surface area is 130 Å². The van der Waals surface area contributed by atoms with Crippen molar-refractivity contribution in [1.82, 2.24) is 16.0 Å². The summed E-state index contributed by atoms with van der Waals surface area (Å²) in [7, 11) is 0. The summed E-state index contributed by atoms with van der Waals surface area (Å²) in [5.41, 5.74) is 1.05. The van der Waals surface area contributed by atoms with Gasteiger partial charge in [0.1, 0.15) is 6.04 Å². The van der Waals surface area contributed by atoms with Gasteiger partial charge in [0.15, 0.2) is 0 Å². The number of hydrogen-bond acceptors (Lipinski definition) is 4. The lowest BCUT2D eigenvalue weighted by atomic mass is 10.1. The zero-order valence-electron chi connectivity index (χ0n) is 12.8. The van der Waals surface area contributed by atoms with Crippen LogP contribution in [0.1, 0.15) is 18.9 Å². The Morgan fingerprint density at radius 3 is 2.77 bits per heavy atom. The van der Waals surface area contributed by atoms with Gasteiger partial charge in [-0.3, -0.25) is 9.59 Å². The minimum absolute atomic E-state index is 0.0787. The minimum Gasteiger partial charge on any atom is -0.375 e. The van der Waals surface area contributed by atoms with Gasteiger partial charge in [0.2, 0.25) is 11.8 Å². The molecule has 0 unspecified atom stereocenters. The maximum absolute atomic E-state index is 12.0. The highest BCUT2D eigenvalue weighted by atomic mass is 16.5. The molecule has 2 rings (SSSR count). The van der Waals surface area contributed by atoms with Gasteiger partial charge in [-0.15, -0.1) is 0 Å². The first-order valence-corrected chi connectivity index (χ1v) is 7.60. The SMILES string of the molecule is C[C@H]1OCCN[C@@H]1C(=O)NCCC(=O)NCc1ccccc1. The van der Waals surface area contributed by atoms with Crippen molar-refractivity contribution < 1.29 is 14.3 Å². The summed E-state index contributed by atoms with van der Waals surface area (Å²) < 4.78 is 5.42. The fraction of sp³-hybridized carbons (Fsp3) is 0.500. The van der Waals surface area contributed by atoms with Gasteiger partial charge in [0, 0.05) is 26.1 Å². The molecule has 0 aromatic heterocycles. The number of carbonyl (C=O) groups excluding carboxylic acids is 2. The third kappa shape index (κ3) is 5.13.